The van der Waals surface area contributed by atoms with E-state index >= 15 is 0 Å². The summed E-state index contributed by atoms with van der Waals surface area (Å²) >= 11 is 12.9. The van der Waals surface area contributed by atoms with Crippen LogP contribution in [0.3, 0.4) is 0 Å². The van der Waals surface area contributed by atoms with E-state index in [-0.39, 0.29) is 131 Å². The van der Waals surface area contributed by atoms with Gasteiger partial charge in [-0.05, 0) is 125 Å². The first-order valence-electron chi connectivity index (χ1n) is 16.8. The predicted molar refractivity (Wildman–Crippen MR) is 229 cm³/mol. The van der Waals surface area contributed by atoms with E-state index in [0.29, 0.717) is 21.7 Å². The van der Waals surface area contributed by atoms with Crippen molar-refractivity contribution in [1.82, 2.24) is 0 Å². The van der Waals surface area contributed by atoms with Crippen LogP contribution >= 0.6 is 63.7 Å². The van der Waals surface area contributed by atoms with Crippen LogP contribution in [0.2, 0.25) is 0 Å². The molecule has 14 heteroatoms. The van der Waals surface area contributed by atoms with E-state index in [0.717, 1.165) is 20.4 Å². The first-order valence-corrected chi connectivity index (χ1v) is 20.0. The minimum absolute atomic E-state index is 0. The van der Waals surface area contributed by atoms with E-state index in [4.69, 9.17) is 24.6 Å². The third-order valence-electron chi connectivity index (χ3n) is 7.59. The molecule has 0 aliphatic heterocycles. The Morgan fingerprint density at radius 3 is 1.12 bits per heavy atom. The number of benzene rings is 5. The van der Waals surface area contributed by atoms with Crippen LogP contribution in [-0.4, -0.2) is 11.6 Å². The Morgan fingerprint density at radius 1 is 0.561 bits per heavy atom. The molecule has 0 saturated carbocycles. The predicted octanol–water partition coefficient (Wildman–Crippen LogP) is 8.13. The Bertz CT molecular complexity index is 1880. The first kappa shape index (κ1) is 57.0. The largest absolute Gasteiger partial charge is 1.00 e. The van der Waals surface area contributed by atoms with Crippen molar-refractivity contribution in [1.29, 1.82) is 0 Å². The molecule has 1 N–H and O–H groups in total. The molecule has 0 amide bonds. The first-order chi connectivity index (χ1) is 25.5. The van der Waals surface area contributed by atoms with Gasteiger partial charge < -0.3 is 26.2 Å². The van der Waals surface area contributed by atoms with Gasteiger partial charge in [-0.3, -0.25) is 4.79 Å². The number of halogens is 6. The van der Waals surface area contributed by atoms with Gasteiger partial charge in [0, 0.05) is 8.95 Å². The summed E-state index contributed by atoms with van der Waals surface area (Å²) in [4.78, 5) is 11.2. The second-order valence-electron chi connectivity index (χ2n) is 15.1. The van der Waals surface area contributed by atoms with Crippen molar-refractivity contribution < 1.29 is 142 Å². The summed E-state index contributed by atoms with van der Waals surface area (Å²) in [6, 6.07) is 30.0. The average molecular weight is 1090 g/mol. The van der Waals surface area contributed by atoms with Crippen molar-refractivity contribution >= 4 is 70.2 Å². The Hall–Kier alpha value is -0.0173. The van der Waals surface area contributed by atoms with E-state index in [1.807, 2.05) is 48.5 Å². The minimum atomic E-state index is -0.605. The zero-order valence-electron chi connectivity index (χ0n) is 35.1. The molecule has 0 aliphatic carbocycles. The Kier molecular flexibility index (Phi) is 26.4. The zero-order valence-corrected chi connectivity index (χ0v) is 46.7. The summed E-state index contributed by atoms with van der Waals surface area (Å²) in [5.41, 5.74) is 4.18. The van der Waals surface area contributed by atoms with E-state index in [9.17, 15) is 8.78 Å². The molecule has 0 radical (unpaired) electrons. The molecule has 0 fully saturated rings. The summed E-state index contributed by atoms with van der Waals surface area (Å²) in [5, 5.41) is 17.5. The molecule has 57 heavy (non-hydrogen) atoms. The molecular weight excluding hydrogens is 1050 g/mol. The molecule has 0 atom stereocenters. The smallest absolute Gasteiger partial charge is 1.00 e. The molecular formula is C43H46Br4F2K2O6. The maximum atomic E-state index is 12.5. The summed E-state index contributed by atoms with van der Waals surface area (Å²) in [7, 11) is 0. The Balaban J connectivity index is 0. The van der Waals surface area contributed by atoms with Gasteiger partial charge in [0.25, 0.3) is 6.47 Å². The standard InChI is InChI=1S/C26H28Br2O2.C10H14O.C6H2Br2F2.CH2O3.2K.H/c1-25(2,3)17-7-11-20(12-8-17)29-22-15-19(27)16-23(24(22)28)30-21-13-9-18(10-14-21)26(4,5)6;1-10(2,3)8-4-6-9(11)7-5-8;7-3-1-4(9)6(8)5(10)2-3;2-1-4-3;;;/h7-16H,1-6H3;4-7,11H,1-3H3;1-2H;1,3H;;;/q;;;;2*+1;-1/p-1. The van der Waals surface area contributed by atoms with Gasteiger partial charge in [-0.25, -0.2) is 8.78 Å². The third kappa shape index (κ3) is 20.6. The summed E-state index contributed by atoms with van der Waals surface area (Å²) in [5.74, 6) is 2.06. The van der Waals surface area contributed by atoms with Crippen LogP contribution in [0.15, 0.2) is 115 Å². The van der Waals surface area contributed by atoms with Crippen molar-refractivity contribution in [2.24, 2.45) is 0 Å². The van der Waals surface area contributed by atoms with Gasteiger partial charge in [-0.1, -0.05) is 131 Å². The molecule has 0 aromatic heterocycles. The third-order valence-corrected chi connectivity index (χ3v) is 10.0. The van der Waals surface area contributed by atoms with Crippen LogP contribution in [0.4, 0.5) is 8.78 Å². The van der Waals surface area contributed by atoms with Crippen molar-refractivity contribution in [3.05, 3.63) is 143 Å². The van der Waals surface area contributed by atoms with E-state index in [1.165, 1.54) is 28.8 Å². The normalized spacial score (nSPS) is 10.7. The van der Waals surface area contributed by atoms with E-state index in [1.54, 1.807) is 12.1 Å². The van der Waals surface area contributed by atoms with Crippen molar-refractivity contribution in [3.8, 4) is 28.7 Å². The number of phenols is 1. The SMILES string of the molecule is CC(C)(C)c1ccc(O)cc1.CC(C)(C)c1ccc(Oc2cc(Br)cc(Oc3ccc(C(C)(C)C)cc3)c2Br)cc1.Fc1cc(Br)cc(F)c1Br.O=CO[O-].[H-].[K+].[K+]. The van der Waals surface area contributed by atoms with Gasteiger partial charge in [0.05, 0.1) is 4.47 Å². The number of carbonyl (C=O) groups is 1. The van der Waals surface area contributed by atoms with Crippen molar-refractivity contribution in [2.45, 2.75) is 78.6 Å². The topological polar surface area (TPSA) is 88.0 Å². The molecule has 0 aliphatic rings. The second-order valence-corrected chi connectivity index (χ2v) is 18.6. The quantitative estimate of drug-likeness (QED) is 0.0478. The van der Waals surface area contributed by atoms with Crippen LogP contribution in [0.5, 0.6) is 28.7 Å². The molecule has 298 valence electrons. The van der Waals surface area contributed by atoms with E-state index < -0.39 is 11.6 Å². The van der Waals surface area contributed by atoms with Gasteiger partial charge in [0.1, 0.15) is 44.9 Å². The number of hydrogen-bond donors (Lipinski definition) is 1. The minimum Gasteiger partial charge on any atom is -1.00 e. The van der Waals surface area contributed by atoms with Gasteiger partial charge in [0.2, 0.25) is 0 Å². The van der Waals surface area contributed by atoms with Crippen LogP contribution < -0.4 is 118 Å². The molecule has 0 bridgehead atoms. The fraction of sp³-hybridized carbons (Fsp3) is 0.279. The second kappa shape index (κ2) is 26.5. The maximum Gasteiger partial charge on any atom is 1.00 e. The summed E-state index contributed by atoms with van der Waals surface area (Å²) in [6.45, 7) is 19.5. The maximum absolute atomic E-state index is 12.5. The van der Waals surface area contributed by atoms with Crippen molar-refractivity contribution in [2.75, 3.05) is 0 Å². The molecule has 5 rings (SSSR count). The number of rotatable bonds is 5. The van der Waals surface area contributed by atoms with Crippen LogP contribution in [-0.2, 0) is 25.9 Å². The fourth-order valence-electron chi connectivity index (χ4n) is 4.47. The van der Waals surface area contributed by atoms with E-state index in [2.05, 4.69) is 155 Å². The van der Waals surface area contributed by atoms with Crippen LogP contribution in [0.25, 0.3) is 0 Å². The fourth-order valence-corrected chi connectivity index (χ4v) is 5.91. The number of ether oxygens (including phenoxy) is 2. The monoisotopic (exact) mass is 1090 g/mol. The molecule has 5 aromatic rings. The number of aromatic hydroxyl groups is 1. The number of carbonyl (C=O) groups excluding carboxylic acids is 1. The molecule has 0 unspecified atom stereocenters. The van der Waals surface area contributed by atoms with Crippen LogP contribution in [0.1, 0.15) is 80.4 Å². The molecule has 5 aromatic carbocycles. The Morgan fingerprint density at radius 2 is 0.842 bits per heavy atom. The number of phenolic OH excluding ortho intramolecular Hbond substituents is 1. The van der Waals surface area contributed by atoms with Gasteiger partial charge in [0.15, 0.2) is 0 Å². The van der Waals surface area contributed by atoms with Gasteiger partial charge >= 0.3 is 103 Å². The van der Waals surface area contributed by atoms with Gasteiger partial charge in [-0.15, -0.1) is 0 Å². The molecule has 0 heterocycles. The Labute approximate surface area is 456 Å². The molecule has 6 nitrogen and oxygen atoms in total. The van der Waals surface area contributed by atoms with Crippen LogP contribution in [0, 0.1) is 11.6 Å². The van der Waals surface area contributed by atoms with Crippen molar-refractivity contribution in [3.63, 3.8) is 0 Å². The summed E-state index contributed by atoms with van der Waals surface area (Å²) < 4.78 is 39.2. The summed E-state index contributed by atoms with van der Waals surface area (Å²) in [6.07, 6.45) is 0. The van der Waals surface area contributed by atoms with Gasteiger partial charge in [-0.2, -0.15) is 0 Å². The zero-order chi connectivity index (χ0) is 41.7. The molecule has 0 spiro atoms. The number of hydrogen-bond acceptors (Lipinski definition) is 6. The molecule has 0 saturated heterocycles. The average Bonchev–Trinajstić information content (AvgIpc) is 3.09.